The van der Waals surface area contributed by atoms with Gasteiger partial charge in [0.15, 0.2) is 0 Å². The van der Waals surface area contributed by atoms with E-state index in [4.69, 9.17) is 0 Å². The molecular weight excluding hydrogens is 376 g/mol. The fourth-order valence-electron chi connectivity index (χ4n) is 4.19. The number of aromatic nitrogens is 4. The summed E-state index contributed by atoms with van der Waals surface area (Å²) < 4.78 is 0. The zero-order chi connectivity index (χ0) is 20.9. The molecular formula is C23H26N6O. The van der Waals surface area contributed by atoms with Crippen LogP contribution in [0.4, 0.5) is 4.79 Å². The number of carbonyl (C=O) groups excluding carboxylic acids is 1. The smallest absolute Gasteiger partial charge is 0.315 e. The van der Waals surface area contributed by atoms with Crippen LogP contribution in [0, 0.1) is 0 Å². The number of amides is 2. The molecule has 1 aliphatic heterocycles. The van der Waals surface area contributed by atoms with Crippen molar-refractivity contribution in [3.8, 4) is 22.8 Å². The molecule has 2 N–H and O–H groups in total. The maximum atomic E-state index is 11.8. The summed E-state index contributed by atoms with van der Waals surface area (Å²) in [4.78, 5) is 20.8. The Morgan fingerprint density at radius 3 is 1.63 bits per heavy atom. The van der Waals surface area contributed by atoms with Gasteiger partial charge in [-0.3, -0.25) is 9.97 Å². The Bertz CT molecular complexity index is 928. The van der Waals surface area contributed by atoms with Gasteiger partial charge in [-0.15, -0.1) is 10.2 Å². The van der Waals surface area contributed by atoms with Crippen molar-refractivity contribution in [1.82, 2.24) is 30.8 Å². The first-order valence-electron chi connectivity index (χ1n) is 10.6. The Morgan fingerprint density at radius 1 is 0.767 bits per heavy atom. The monoisotopic (exact) mass is 402 g/mol. The fourth-order valence-corrected chi connectivity index (χ4v) is 4.19. The van der Waals surface area contributed by atoms with Gasteiger partial charge in [-0.2, -0.15) is 0 Å². The lowest BCUT2D eigenvalue weighted by Crippen LogP contribution is -2.36. The first kappa shape index (κ1) is 19.9. The summed E-state index contributed by atoms with van der Waals surface area (Å²) in [5.41, 5.74) is 5.62. The minimum atomic E-state index is -0.0768. The Hall–Kier alpha value is -3.35. The molecule has 0 saturated carbocycles. The summed E-state index contributed by atoms with van der Waals surface area (Å²) in [6.45, 7) is 4.00. The van der Waals surface area contributed by atoms with Crippen molar-refractivity contribution in [2.24, 2.45) is 0 Å². The Morgan fingerprint density at radius 2 is 1.23 bits per heavy atom. The minimum absolute atomic E-state index is 0.0768. The lowest BCUT2D eigenvalue weighted by Gasteiger charge is -2.25. The zero-order valence-corrected chi connectivity index (χ0v) is 17.3. The van der Waals surface area contributed by atoms with Gasteiger partial charge in [-0.1, -0.05) is 26.0 Å². The second kappa shape index (κ2) is 8.98. The molecule has 1 saturated heterocycles. The van der Waals surface area contributed by atoms with Gasteiger partial charge in [-0.25, -0.2) is 4.79 Å². The van der Waals surface area contributed by atoms with Crippen molar-refractivity contribution in [3.63, 3.8) is 0 Å². The Kier molecular flexibility index (Phi) is 5.97. The van der Waals surface area contributed by atoms with Crippen LogP contribution in [-0.4, -0.2) is 38.3 Å². The first-order chi connectivity index (χ1) is 14.8. The number of hydrogen-bond donors (Lipinski definition) is 2. The topological polar surface area (TPSA) is 92.7 Å². The van der Waals surface area contributed by atoms with E-state index >= 15 is 0 Å². The van der Waals surface area contributed by atoms with E-state index in [1.165, 1.54) is 0 Å². The molecule has 0 bridgehead atoms. The number of nitrogens with zero attached hydrogens (tertiary/aromatic N) is 4. The van der Waals surface area contributed by atoms with Crippen LogP contribution in [0.1, 0.15) is 37.8 Å². The second-order valence-electron chi connectivity index (χ2n) is 7.19. The number of pyridine rings is 2. The molecule has 2 amide bonds. The van der Waals surface area contributed by atoms with Crippen molar-refractivity contribution in [2.45, 2.75) is 51.6 Å². The Labute approximate surface area is 176 Å². The molecule has 1 aliphatic carbocycles. The van der Waals surface area contributed by atoms with E-state index in [-0.39, 0.29) is 18.1 Å². The number of nitrogens with one attached hydrogen (secondary N) is 2. The van der Waals surface area contributed by atoms with Crippen LogP contribution in [0.25, 0.3) is 22.8 Å². The zero-order valence-electron chi connectivity index (χ0n) is 17.3. The number of carbonyl (C=O) groups is 1. The molecule has 0 aromatic carbocycles. The summed E-state index contributed by atoms with van der Waals surface area (Å²) in [6, 6.07) is 11.8. The van der Waals surface area contributed by atoms with Gasteiger partial charge in [0.25, 0.3) is 0 Å². The average molecular weight is 403 g/mol. The highest BCUT2D eigenvalue weighted by Crippen LogP contribution is 2.33. The molecule has 3 aromatic rings. The van der Waals surface area contributed by atoms with Gasteiger partial charge < -0.3 is 10.6 Å². The quantitative estimate of drug-likeness (QED) is 0.684. The molecule has 1 fully saturated rings. The molecule has 3 aromatic heterocycles. The average Bonchev–Trinajstić information content (AvgIpc) is 3.15. The van der Waals surface area contributed by atoms with Gasteiger partial charge >= 0.3 is 6.03 Å². The largest absolute Gasteiger partial charge is 0.333 e. The maximum absolute atomic E-state index is 11.8. The molecule has 154 valence electrons. The van der Waals surface area contributed by atoms with Crippen LogP contribution in [0.15, 0.2) is 48.8 Å². The van der Waals surface area contributed by atoms with Crippen LogP contribution in [-0.2, 0) is 12.8 Å². The third-order valence-electron chi connectivity index (χ3n) is 5.53. The van der Waals surface area contributed by atoms with Gasteiger partial charge in [0.1, 0.15) is 11.4 Å². The molecule has 7 heteroatoms. The standard InChI is InChI=1S/C21H20N6O.C2H6/c28-21-24-15-9-7-13-14(8-10-16(15)25-21)20(18-6-2-4-12-23-18)27-26-19(13)17-5-1-3-11-22-17;1-2/h1-6,11-12,15-16H,7-10H2,(H2,24,25,28);1-2H3/t15-,16+;. The van der Waals surface area contributed by atoms with Gasteiger partial charge in [-0.05, 0) is 61.1 Å². The predicted octanol–water partition coefficient (Wildman–Crippen LogP) is 3.56. The van der Waals surface area contributed by atoms with Crippen LogP contribution < -0.4 is 10.6 Å². The number of fused-ring (bicyclic) bond motifs is 2. The Balaban J connectivity index is 0.00000106. The lowest BCUT2D eigenvalue weighted by molar-refractivity contribution is 0.246. The SMILES string of the molecule is CC.O=C1N[C@H]2CCc3c(-c4ccccn4)nnc(-c4ccccn4)c3CC[C@H]2N1. The fraction of sp³-hybridized carbons (Fsp3) is 0.348. The van der Waals surface area contributed by atoms with Crippen LogP contribution in [0.3, 0.4) is 0 Å². The van der Waals surface area contributed by atoms with E-state index < -0.39 is 0 Å². The number of rotatable bonds is 2. The number of urea groups is 1. The normalized spacial score (nSPS) is 19.7. The van der Waals surface area contributed by atoms with Crippen molar-refractivity contribution >= 4 is 6.03 Å². The van der Waals surface area contributed by atoms with Crippen molar-refractivity contribution < 1.29 is 4.79 Å². The summed E-state index contributed by atoms with van der Waals surface area (Å²) in [5.74, 6) is 0. The predicted molar refractivity (Wildman–Crippen MR) is 116 cm³/mol. The second-order valence-corrected chi connectivity index (χ2v) is 7.19. The van der Waals surface area contributed by atoms with Crippen molar-refractivity contribution in [1.29, 1.82) is 0 Å². The molecule has 2 atom stereocenters. The van der Waals surface area contributed by atoms with E-state index in [0.29, 0.717) is 0 Å². The van der Waals surface area contributed by atoms with Crippen molar-refractivity contribution in [2.75, 3.05) is 0 Å². The third kappa shape index (κ3) is 3.87. The molecule has 7 nitrogen and oxygen atoms in total. The van der Waals surface area contributed by atoms with Crippen LogP contribution in [0.5, 0.6) is 0 Å². The summed E-state index contributed by atoms with van der Waals surface area (Å²) in [5, 5.41) is 15.2. The lowest BCUT2D eigenvalue weighted by atomic mass is 9.86. The first-order valence-corrected chi connectivity index (χ1v) is 10.6. The van der Waals surface area contributed by atoms with Gasteiger partial charge in [0.2, 0.25) is 0 Å². The van der Waals surface area contributed by atoms with Crippen LogP contribution in [0.2, 0.25) is 0 Å². The van der Waals surface area contributed by atoms with E-state index in [9.17, 15) is 4.79 Å². The minimum Gasteiger partial charge on any atom is -0.333 e. The summed E-state index contributed by atoms with van der Waals surface area (Å²) in [6.07, 6.45) is 6.86. The highest BCUT2D eigenvalue weighted by Gasteiger charge is 2.34. The van der Waals surface area contributed by atoms with E-state index in [0.717, 1.165) is 59.6 Å². The molecule has 2 aliphatic rings. The summed E-state index contributed by atoms with van der Waals surface area (Å²) in [7, 11) is 0. The number of hydrogen-bond acceptors (Lipinski definition) is 5. The maximum Gasteiger partial charge on any atom is 0.315 e. The van der Waals surface area contributed by atoms with Gasteiger partial charge in [0.05, 0.1) is 23.5 Å². The highest BCUT2D eigenvalue weighted by atomic mass is 16.2. The molecule has 30 heavy (non-hydrogen) atoms. The van der Waals surface area contributed by atoms with Gasteiger partial charge in [0, 0.05) is 12.4 Å². The summed E-state index contributed by atoms with van der Waals surface area (Å²) >= 11 is 0. The van der Waals surface area contributed by atoms with E-state index in [2.05, 4.69) is 30.8 Å². The molecule has 5 rings (SSSR count). The highest BCUT2D eigenvalue weighted by molar-refractivity contribution is 5.77. The van der Waals surface area contributed by atoms with E-state index in [1.54, 1.807) is 12.4 Å². The molecule has 0 unspecified atom stereocenters. The van der Waals surface area contributed by atoms with Crippen molar-refractivity contribution in [3.05, 3.63) is 59.9 Å². The third-order valence-corrected chi connectivity index (χ3v) is 5.53. The molecule has 4 heterocycles. The van der Waals surface area contributed by atoms with Crippen LogP contribution >= 0.6 is 0 Å². The molecule has 0 spiro atoms. The molecule has 0 radical (unpaired) electrons. The van der Waals surface area contributed by atoms with E-state index in [1.807, 2.05) is 50.2 Å².